The first-order valence-corrected chi connectivity index (χ1v) is 7.15. The molecule has 1 aliphatic heterocycles. The molecular weight excluding hydrogens is 248 g/mol. The summed E-state index contributed by atoms with van der Waals surface area (Å²) in [4.78, 5) is 13.9. The van der Waals surface area contributed by atoms with Crippen molar-refractivity contribution < 1.29 is 9.21 Å². The molecule has 0 spiro atoms. The van der Waals surface area contributed by atoms with Gasteiger partial charge < -0.3 is 9.32 Å². The average Bonchev–Trinajstić information content (AvgIpc) is 2.85. The van der Waals surface area contributed by atoms with Gasteiger partial charge in [0.1, 0.15) is 10.5 Å². The summed E-state index contributed by atoms with van der Waals surface area (Å²) in [5, 5.41) is 9.19. The van der Waals surface area contributed by atoms with Gasteiger partial charge in [0, 0.05) is 13.1 Å². The molecule has 96 valence electrons. The Hall–Kier alpha value is -1.41. The van der Waals surface area contributed by atoms with Crippen molar-refractivity contribution in [1.82, 2.24) is 4.90 Å². The number of thioether (sulfide) groups is 1. The molecule has 1 amide bonds. The van der Waals surface area contributed by atoms with E-state index >= 15 is 0 Å². The maximum absolute atomic E-state index is 12.1. The van der Waals surface area contributed by atoms with Crippen molar-refractivity contribution in [3.8, 4) is 6.07 Å². The second-order valence-corrected chi connectivity index (χ2v) is 5.70. The van der Waals surface area contributed by atoms with E-state index in [1.54, 1.807) is 28.8 Å². The largest absolute Gasteiger partial charge is 0.456 e. The summed E-state index contributed by atoms with van der Waals surface area (Å²) in [5.74, 6) is 1.06. The number of rotatable bonds is 2. The van der Waals surface area contributed by atoms with Gasteiger partial charge in [-0.3, -0.25) is 4.79 Å². The van der Waals surface area contributed by atoms with E-state index in [1.165, 1.54) is 0 Å². The lowest BCUT2D eigenvalue weighted by molar-refractivity contribution is 0.0683. The highest BCUT2D eigenvalue weighted by atomic mass is 32.2. The van der Waals surface area contributed by atoms with Crippen molar-refractivity contribution in [2.45, 2.75) is 24.5 Å². The number of piperidine rings is 1. The van der Waals surface area contributed by atoms with Crippen LogP contribution in [0.15, 0.2) is 16.5 Å². The van der Waals surface area contributed by atoms with E-state index in [0.717, 1.165) is 18.6 Å². The number of likely N-dealkylation sites (tertiary alicyclic amines) is 1. The average molecular weight is 264 g/mol. The van der Waals surface area contributed by atoms with Gasteiger partial charge in [0.05, 0.1) is 6.07 Å². The Morgan fingerprint density at radius 2 is 2.17 bits per heavy atom. The molecule has 0 unspecified atom stereocenters. The van der Waals surface area contributed by atoms with Gasteiger partial charge in [-0.25, -0.2) is 0 Å². The van der Waals surface area contributed by atoms with Crippen LogP contribution in [0.3, 0.4) is 0 Å². The maximum Gasteiger partial charge on any atom is 0.289 e. The molecule has 5 heteroatoms. The lowest BCUT2D eigenvalue weighted by Crippen LogP contribution is -2.44. The molecule has 1 fully saturated rings. The Balaban J connectivity index is 2.02. The molecule has 0 aliphatic carbocycles. The monoisotopic (exact) mass is 264 g/mol. The number of carbonyl (C=O) groups is 1. The zero-order valence-corrected chi connectivity index (χ0v) is 11.4. The minimum Gasteiger partial charge on any atom is -0.456 e. The minimum absolute atomic E-state index is 0.0734. The third-order valence-corrected chi connectivity index (χ3v) is 4.68. The SMILES string of the molecule is CSC1(C#N)CCN(C(=O)c2ccc(C)o2)CC1. The predicted molar refractivity (Wildman–Crippen MR) is 70.4 cm³/mol. The van der Waals surface area contributed by atoms with Crippen LogP contribution in [0.5, 0.6) is 0 Å². The van der Waals surface area contributed by atoms with Crippen LogP contribution in [0.4, 0.5) is 0 Å². The van der Waals surface area contributed by atoms with Gasteiger partial charge in [-0.2, -0.15) is 5.26 Å². The highest BCUT2D eigenvalue weighted by Gasteiger charge is 2.36. The second-order valence-electron chi connectivity index (χ2n) is 4.51. The van der Waals surface area contributed by atoms with Crippen LogP contribution >= 0.6 is 11.8 Å². The molecular formula is C13H16N2O2S. The molecule has 0 saturated carbocycles. The number of hydrogen-bond donors (Lipinski definition) is 0. The first-order chi connectivity index (χ1) is 8.60. The third kappa shape index (κ3) is 2.39. The van der Waals surface area contributed by atoms with Gasteiger partial charge in [-0.15, -0.1) is 11.8 Å². The summed E-state index contributed by atoms with van der Waals surface area (Å²) in [6.07, 6.45) is 3.39. The Morgan fingerprint density at radius 1 is 1.50 bits per heavy atom. The number of nitriles is 1. The highest BCUT2D eigenvalue weighted by molar-refractivity contribution is 8.00. The van der Waals surface area contributed by atoms with Crippen LogP contribution in [0.25, 0.3) is 0 Å². The molecule has 1 aromatic rings. The summed E-state index contributed by atoms with van der Waals surface area (Å²) >= 11 is 1.58. The van der Waals surface area contributed by atoms with Gasteiger partial charge in [0.25, 0.3) is 5.91 Å². The van der Waals surface area contributed by atoms with E-state index < -0.39 is 0 Å². The molecule has 0 aromatic carbocycles. The van der Waals surface area contributed by atoms with Crippen LogP contribution in [-0.2, 0) is 0 Å². The molecule has 0 atom stereocenters. The molecule has 0 N–H and O–H groups in total. The van der Waals surface area contributed by atoms with Crippen molar-refractivity contribution in [1.29, 1.82) is 5.26 Å². The summed E-state index contributed by atoms with van der Waals surface area (Å²) in [5.41, 5.74) is 0. The fourth-order valence-corrected chi connectivity index (χ4v) is 2.82. The fourth-order valence-electron chi connectivity index (χ4n) is 2.14. The van der Waals surface area contributed by atoms with Crippen molar-refractivity contribution in [2.75, 3.05) is 19.3 Å². The zero-order valence-electron chi connectivity index (χ0n) is 10.6. The van der Waals surface area contributed by atoms with Crippen LogP contribution < -0.4 is 0 Å². The molecule has 4 nitrogen and oxygen atoms in total. The van der Waals surface area contributed by atoms with Gasteiger partial charge in [-0.05, 0) is 38.2 Å². The van der Waals surface area contributed by atoms with Gasteiger partial charge >= 0.3 is 0 Å². The Labute approximate surface area is 111 Å². The molecule has 0 bridgehead atoms. The number of furan rings is 1. The number of amides is 1. The molecule has 2 heterocycles. The standard InChI is InChI=1S/C13H16N2O2S/c1-10-3-4-11(17-10)12(16)15-7-5-13(9-14,18-2)6-8-15/h3-4H,5-8H2,1-2H3. The quantitative estimate of drug-likeness (QED) is 0.823. The zero-order chi connectivity index (χ0) is 13.2. The first kappa shape index (κ1) is 13.0. The minimum atomic E-state index is -0.324. The normalized spacial score (nSPS) is 18.4. The highest BCUT2D eigenvalue weighted by Crippen LogP contribution is 2.34. The molecule has 0 radical (unpaired) electrons. The van der Waals surface area contributed by atoms with E-state index in [1.807, 2.05) is 13.2 Å². The number of nitrogens with zero attached hydrogens (tertiary/aromatic N) is 2. The van der Waals surface area contributed by atoms with Crippen LogP contribution in [-0.4, -0.2) is 34.9 Å². The fraction of sp³-hybridized carbons (Fsp3) is 0.538. The topological polar surface area (TPSA) is 57.2 Å². The molecule has 2 rings (SSSR count). The second kappa shape index (κ2) is 5.07. The Bertz CT molecular complexity index is 481. The first-order valence-electron chi connectivity index (χ1n) is 5.92. The summed E-state index contributed by atoms with van der Waals surface area (Å²) in [7, 11) is 0. The lowest BCUT2D eigenvalue weighted by Gasteiger charge is -2.35. The van der Waals surface area contributed by atoms with E-state index in [4.69, 9.17) is 4.42 Å². The molecule has 1 aromatic heterocycles. The van der Waals surface area contributed by atoms with Gasteiger partial charge in [0.2, 0.25) is 0 Å². The van der Waals surface area contributed by atoms with Gasteiger partial charge in [-0.1, -0.05) is 0 Å². The molecule has 1 saturated heterocycles. The van der Waals surface area contributed by atoms with E-state index in [2.05, 4.69) is 6.07 Å². The van der Waals surface area contributed by atoms with Crippen LogP contribution in [0.2, 0.25) is 0 Å². The van der Waals surface area contributed by atoms with Gasteiger partial charge in [0.15, 0.2) is 5.76 Å². The van der Waals surface area contributed by atoms with Crippen molar-refractivity contribution >= 4 is 17.7 Å². The summed E-state index contributed by atoms with van der Waals surface area (Å²) in [6.45, 7) is 3.06. The van der Waals surface area contributed by atoms with Crippen LogP contribution in [0, 0.1) is 18.3 Å². The van der Waals surface area contributed by atoms with Crippen molar-refractivity contribution in [2.24, 2.45) is 0 Å². The van der Waals surface area contributed by atoms with E-state index in [0.29, 0.717) is 18.8 Å². The Kier molecular flexibility index (Phi) is 3.67. The molecule has 1 aliphatic rings. The predicted octanol–water partition coefficient (Wildman–Crippen LogP) is 2.45. The van der Waals surface area contributed by atoms with Crippen LogP contribution in [0.1, 0.15) is 29.2 Å². The Morgan fingerprint density at radius 3 is 2.61 bits per heavy atom. The van der Waals surface area contributed by atoms with E-state index in [9.17, 15) is 10.1 Å². The number of hydrogen-bond acceptors (Lipinski definition) is 4. The smallest absolute Gasteiger partial charge is 0.289 e. The number of aryl methyl sites for hydroxylation is 1. The summed E-state index contributed by atoms with van der Waals surface area (Å²) < 4.78 is 5.02. The summed E-state index contributed by atoms with van der Waals surface area (Å²) in [6, 6.07) is 5.87. The van der Waals surface area contributed by atoms with Crippen molar-refractivity contribution in [3.63, 3.8) is 0 Å². The van der Waals surface area contributed by atoms with E-state index in [-0.39, 0.29) is 10.7 Å². The lowest BCUT2D eigenvalue weighted by atomic mass is 9.97. The number of carbonyl (C=O) groups excluding carboxylic acids is 1. The van der Waals surface area contributed by atoms with Crippen molar-refractivity contribution in [3.05, 3.63) is 23.7 Å². The third-order valence-electron chi connectivity index (χ3n) is 3.40. The molecule has 18 heavy (non-hydrogen) atoms. The maximum atomic E-state index is 12.1.